The number of para-hydroxylation sites is 1. The topological polar surface area (TPSA) is 55.2 Å². The number of aromatic nitrogens is 2. The van der Waals surface area contributed by atoms with Crippen LogP contribution in [0.1, 0.15) is 45.4 Å². The van der Waals surface area contributed by atoms with Crippen LogP contribution in [0.2, 0.25) is 0 Å². The van der Waals surface area contributed by atoms with Gasteiger partial charge in [-0.1, -0.05) is 36.7 Å². The number of thioether (sulfide) groups is 1. The van der Waals surface area contributed by atoms with E-state index in [1.54, 1.807) is 4.57 Å². The van der Waals surface area contributed by atoms with Crippen LogP contribution in [-0.4, -0.2) is 38.7 Å². The number of likely N-dealkylation sites (tertiary alicyclic amines) is 1. The van der Waals surface area contributed by atoms with Crippen LogP contribution in [0, 0.1) is 5.92 Å². The van der Waals surface area contributed by atoms with Crippen molar-refractivity contribution in [2.75, 3.05) is 12.3 Å². The molecule has 0 radical (unpaired) electrons. The molecule has 1 saturated heterocycles. The first kappa shape index (κ1) is 18.5. The maximum atomic E-state index is 13.0. The van der Waals surface area contributed by atoms with Crippen LogP contribution in [0.15, 0.2) is 34.2 Å². The number of carbonyl (C=O) groups is 1. The molecule has 0 bridgehead atoms. The summed E-state index contributed by atoms with van der Waals surface area (Å²) in [4.78, 5) is 32.5. The van der Waals surface area contributed by atoms with Gasteiger partial charge >= 0.3 is 0 Å². The van der Waals surface area contributed by atoms with Crippen molar-refractivity contribution in [2.45, 2.75) is 63.2 Å². The Kier molecular flexibility index (Phi) is 5.53. The van der Waals surface area contributed by atoms with Crippen molar-refractivity contribution in [3.63, 3.8) is 0 Å². The fourth-order valence-corrected chi connectivity index (χ4v) is 5.63. The third kappa shape index (κ3) is 3.64. The van der Waals surface area contributed by atoms with Gasteiger partial charge in [0, 0.05) is 19.1 Å². The van der Waals surface area contributed by atoms with Gasteiger partial charge in [-0.05, 0) is 50.7 Å². The predicted octanol–water partition coefficient (Wildman–Crippen LogP) is 3.69. The number of piperidine rings is 1. The Morgan fingerprint density at radius 1 is 1.19 bits per heavy atom. The molecule has 2 aliphatic rings. The van der Waals surface area contributed by atoms with Crippen LogP contribution in [0.3, 0.4) is 0 Å². The second kappa shape index (κ2) is 8.05. The standard InChI is InChI=1S/C21H27N3O2S/c1-2-23-20(26)16-10-4-5-11-17(16)22-21(23)27-14-19(25)24-13-7-9-15-8-3-6-12-18(15)24/h4-5,10-11,15,18H,2-3,6-9,12-14H2,1H3/t15-,18+/m0/s1. The van der Waals surface area contributed by atoms with Gasteiger partial charge in [-0.3, -0.25) is 14.2 Å². The van der Waals surface area contributed by atoms with E-state index in [4.69, 9.17) is 0 Å². The monoisotopic (exact) mass is 385 g/mol. The van der Waals surface area contributed by atoms with Gasteiger partial charge in [0.1, 0.15) is 0 Å². The second-order valence-electron chi connectivity index (χ2n) is 7.59. The van der Waals surface area contributed by atoms with Gasteiger partial charge < -0.3 is 4.90 Å². The van der Waals surface area contributed by atoms with Gasteiger partial charge in [-0.15, -0.1) is 0 Å². The predicted molar refractivity (Wildman–Crippen MR) is 109 cm³/mol. The van der Waals surface area contributed by atoms with Crippen molar-refractivity contribution in [3.05, 3.63) is 34.6 Å². The van der Waals surface area contributed by atoms with Crippen LogP contribution in [-0.2, 0) is 11.3 Å². The molecule has 144 valence electrons. The van der Waals surface area contributed by atoms with Gasteiger partial charge in [0.15, 0.2) is 5.16 Å². The zero-order valence-electron chi connectivity index (χ0n) is 15.9. The lowest BCUT2D eigenvalue weighted by molar-refractivity contribution is -0.134. The highest BCUT2D eigenvalue weighted by Gasteiger charge is 2.35. The Labute approximate surface area is 164 Å². The molecule has 5 nitrogen and oxygen atoms in total. The number of fused-ring (bicyclic) bond motifs is 2. The smallest absolute Gasteiger partial charge is 0.262 e. The van der Waals surface area contributed by atoms with Crippen molar-refractivity contribution in [2.24, 2.45) is 5.92 Å². The molecule has 0 N–H and O–H groups in total. The van der Waals surface area contributed by atoms with Gasteiger partial charge in [0.05, 0.1) is 16.7 Å². The number of carbonyl (C=O) groups excluding carboxylic acids is 1. The summed E-state index contributed by atoms with van der Waals surface area (Å²) in [6.07, 6.45) is 7.34. The van der Waals surface area contributed by atoms with E-state index in [1.807, 2.05) is 31.2 Å². The quantitative estimate of drug-likeness (QED) is 0.595. The van der Waals surface area contributed by atoms with E-state index in [0.29, 0.717) is 40.3 Å². The van der Waals surface area contributed by atoms with Crippen molar-refractivity contribution >= 4 is 28.6 Å². The highest BCUT2D eigenvalue weighted by atomic mass is 32.2. The lowest BCUT2D eigenvalue weighted by atomic mass is 9.78. The summed E-state index contributed by atoms with van der Waals surface area (Å²) in [6, 6.07) is 7.85. The highest BCUT2D eigenvalue weighted by molar-refractivity contribution is 7.99. The van der Waals surface area contributed by atoms with Gasteiger partial charge in [0.2, 0.25) is 5.91 Å². The van der Waals surface area contributed by atoms with Crippen LogP contribution in [0.25, 0.3) is 10.9 Å². The molecule has 6 heteroatoms. The molecule has 2 atom stereocenters. The van der Waals surface area contributed by atoms with E-state index in [0.717, 1.165) is 19.4 Å². The first-order chi connectivity index (χ1) is 13.2. The largest absolute Gasteiger partial charge is 0.339 e. The molecule has 1 aromatic heterocycles. The molecular formula is C21H27N3O2S. The number of benzene rings is 1. The minimum atomic E-state index is -0.0247. The van der Waals surface area contributed by atoms with Crippen LogP contribution < -0.4 is 5.56 Å². The van der Waals surface area contributed by atoms with E-state index in [1.165, 1.54) is 37.4 Å². The van der Waals surface area contributed by atoms with Crippen molar-refractivity contribution in [1.29, 1.82) is 0 Å². The van der Waals surface area contributed by atoms with Crippen molar-refractivity contribution < 1.29 is 4.79 Å². The first-order valence-electron chi connectivity index (χ1n) is 10.1. The van der Waals surface area contributed by atoms with E-state index < -0.39 is 0 Å². The summed E-state index contributed by atoms with van der Waals surface area (Å²) in [5, 5.41) is 1.28. The third-order valence-corrected chi connectivity index (χ3v) is 6.99. The Morgan fingerprint density at radius 2 is 1.96 bits per heavy atom. The van der Waals surface area contributed by atoms with E-state index in [-0.39, 0.29) is 11.5 Å². The summed E-state index contributed by atoms with van der Waals surface area (Å²) in [5.74, 6) is 1.24. The molecule has 0 unspecified atom stereocenters. The van der Waals surface area contributed by atoms with Gasteiger partial charge in [-0.2, -0.15) is 0 Å². The molecule has 2 fully saturated rings. The summed E-state index contributed by atoms with van der Waals surface area (Å²) in [6.45, 7) is 3.38. The zero-order chi connectivity index (χ0) is 18.8. The van der Waals surface area contributed by atoms with E-state index in [9.17, 15) is 9.59 Å². The van der Waals surface area contributed by atoms with Crippen LogP contribution in [0.4, 0.5) is 0 Å². The minimum Gasteiger partial charge on any atom is -0.339 e. The van der Waals surface area contributed by atoms with E-state index >= 15 is 0 Å². The fraction of sp³-hybridized carbons (Fsp3) is 0.571. The lowest BCUT2D eigenvalue weighted by Crippen LogP contribution is -2.50. The molecular weight excluding hydrogens is 358 g/mol. The number of hydrogen-bond donors (Lipinski definition) is 0. The maximum Gasteiger partial charge on any atom is 0.262 e. The summed E-state index contributed by atoms with van der Waals surface area (Å²) in [7, 11) is 0. The molecule has 1 saturated carbocycles. The molecule has 1 aromatic carbocycles. The average molecular weight is 386 g/mol. The summed E-state index contributed by atoms with van der Waals surface area (Å²) < 4.78 is 1.68. The molecule has 4 rings (SSSR count). The second-order valence-corrected chi connectivity index (χ2v) is 8.53. The Hall–Kier alpha value is -1.82. The highest BCUT2D eigenvalue weighted by Crippen LogP contribution is 2.35. The van der Waals surface area contributed by atoms with Crippen molar-refractivity contribution in [1.82, 2.24) is 14.5 Å². The number of rotatable bonds is 4. The molecule has 1 aliphatic heterocycles. The zero-order valence-corrected chi connectivity index (χ0v) is 16.7. The number of nitrogens with zero attached hydrogens (tertiary/aromatic N) is 3. The normalized spacial score (nSPS) is 22.6. The van der Waals surface area contributed by atoms with Gasteiger partial charge in [0.25, 0.3) is 5.56 Å². The number of amides is 1. The average Bonchev–Trinajstić information content (AvgIpc) is 2.71. The SMILES string of the molecule is CCn1c(SCC(=O)N2CCC[C@@H]3CCCC[C@H]32)nc2ccccc2c1=O. The minimum absolute atomic E-state index is 0.0247. The molecule has 1 amide bonds. The summed E-state index contributed by atoms with van der Waals surface area (Å²) >= 11 is 1.40. The van der Waals surface area contributed by atoms with Crippen molar-refractivity contribution in [3.8, 4) is 0 Å². The molecule has 0 spiro atoms. The van der Waals surface area contributed by atoms with Gasteiger partial charge in [-0.25, -0.2) is 4.98 Å². The summed E-state index contributed by atoms with van der Waals surface area (Å²) in [5.41, 5.74) is 0.677. The first-order valence-corrected chi connectivity index (χ1v) is 11.1. The molecule has 27 heavy (non-hydrogen) atoms. The van der Waals surface area contributed by atoms with Crippen LogP contribution >= 0.6 is 11.8 Å². The fourth-order valence-electron chi connectivity index (χ4n) is 4.68. The number of hydrogen-bond acceptors (Lipinski definition) is 4. The molecule has 1 aliphatic carbocycles. The lowest BCUT2D eigenvalue weighted by Gasteiger charge is -2.44. The molecule has 2 aromatic rings. The third-order valence-electron chi connectivity index (χ3n) is 6.03. The Bertz CT molecular complexity index is 893. The van der Waals surface area contributed by atoms with E-state index in [2.05, 4.69) is 9.88 Å². The maximum absolute atomic E-state index is 13.0. The Balaban J connectivity index is 1.52. The Morgan fingerprint density at radius 3 is 2.81 bits per heavy atom. The van der Waals surface area contributed by atoms with Crippen LogP contribution in [0.5, 0.6) is 0 Å². The molecule has 2 heterocycles.